The van der Waals surface area contributed by atoms with E-state index in [1.807, 2.05) is 0 Å². The molecule has 0 heterocycles. The van der Waals surface area contributed by atoms with E-state index in [0.29, 0.717) is 5.56 Å². The van der Waals surface area contributed by atoms with Crippen LogP contribution in [0.15, 0.2) is 6.04 Å². The lowest BCUT2D eigenvalue weighted by Gasteiger charge is -2.05. The van der Waals surface area contributed by atoms with Gasteiger partial charge in [-0.25, -0.2) is 8.78 Å². The number of anilines is 1. The van der Waals surface area contributed by atoms with Gasteiger partial charge in [0.1, 0.15) is 11.6 Å². The topological polar surface area (TPSA) is 26.0 Å². The first kappa shape index (κ1) is 6.58. The van der Waals surface area contributed by atoms with Crippen LogP contribution in [0.5, 0.6) is 0 Å². The summed E-state index contributed by atoms with van der Waals surface area (Å²) in [5, 5.41) is 0. The Morgan fingerprint density at radius 3 is 2.36 bits per heavy atom. The normalized spacial score (nSPS) is 11.5. The zero-order valence-corrected chi connectivity index (χ0v) is 6.33. The van der Waals surface area contributed by atoms with Crippen LogP contribution < -0.4 is 5.73 Å². The maximum absolute atomic E-state index is 12.9. The summed E-state index contributed by atoms with van der Waals surface area (Å²) in [6, 6.07) is -0.754. The predicted molar refractivity (Wildman–Crippen MR) is 40.2 cm³/mol. The lowest BCUT2D eigenvalue weighted by Crippen LogP contribution is -1.99. The Kier molecular flexibility index (Phi) is 1.49. The van der Waals surface area contributed by atoms with Crippen molar-refractivity contribution >= 4 is 5.69 Å². The van der Waals surface area contributed by atoms with Crippen molar-refractivity contribution in [1.82, 2.24) is 0 Å². The third-order valence-electron chi connectivity index (χ3n) is 1.75. The van der Waals surface area contributed by atoms with E-state index < -0.39 is 17.7 Å². The smallest absolute Gasteiger partial charge is 0.149 e. The highest BCUT2D eigenvalue weighted by Crippen LogP contribution is 2.21. The van der Waals surface area contributed by atoms with Crippen LogP contribution in [0.1, 0.15) is 12.5 Å². The molecule has 0 aliphatic rings. The molecule has 0 aliphatic carbocycles. The van der Waals surface area contributed by atoms with Crippen molar-refractivity contribution in [3.63, 3.8) is 0 Å². The Labute approximate surface area is 65.2 Å². The van der Waals surface area contributed by atoms with Crippen LogP contribution in [-0.4, -0.2) is 0 Å². The van der Waals surface area contributed by atoms with Gasteiger partial charge in [0, 0.05) is 6.04 Å². The van der Waals surface area contributed by atoms with E-state index in [-0.39, 0.29) is 11.3 Å². The molecule has 0 fully saturated rings. The van der Waals surface area contributed by atoms with E-state index in [4.69, 9.17) is 7.10 Å². The van der Waals surface area contributed by atoms with Gasteiger partial charge in [0.25, 0.3) is 0 Å². The zero-order valence-electron chi connectivity index (χ0n) is 7.33. The molecule has 0 saturated carbocycles. The van der Waals surface area contributed by atoms with E-state index in [0.717, 1.165) is 0 Å². The summed E-state index contributed by atoms with van der Waals surface area (Å²) < 4.78 is 32.8. The quantitative estimate of drug-likeness (QED) is 0.575. The maximum Gasteiger partial charge on any atom is 0.149 e. The highest BCUT2D eigenvalue weighted by atomic mass is 19.1. The van der Waals surface area contributed by atoms with Crippen LogP contribution in [0.3, 0.4) is 0 Å². The minimum atomic E-state index is -0.976. The highest BCUT2D eigenvalue weighted by Gasteiger charge is 2.08. The molecule has 0 saturated heterocycles. The Hall–Kier alpha value is -1.12. The summed E-state index contributed by atoms with van der Waals surface area (Å²) in [6.45, 7) is 2.99. The second kappa shape index (κ2) is 2.49. The number of hydrogen-bond donors (Lipinski definition) is 1. The van der Waals surface area contributed by atoms with Crippen LogP contribution in [0.25, 0.3) is 0 Å². The second-order valence-electron chi connectivity index (χ2n) is 2.42. The van der Waals surface area contributed by atoms with Crippen molar-refractivity contribution in [2.24, 2.45) is 0 Å². The molecule has 0 atom stereocenters. The number of hydrogen-bond acceptors (Lipinski definition) is 1. The average molecular weight is 158 g/mol. The van der Waals surface area contributed by atoms with Gasteiger partial charge in [-0.2, -0.15) is 0 Å². The van der Waals surface area contributed by atoms with E-state index in [2.05, 4.69) is 0 Å². The Balaban J connectivity index is 3.60. The Morgan fingerprint density at radius 2 is 1.82 bits per heavy atom. The molecular formula is C8H9F2N. The zero-order chi connectivity index (χ0) is 9.46. The molecule has 1 aromatic rings. The number of benzene rings is 1. The molecule has 3 heteroatoms. The Bertz CT molecular complexity index is 231. The van der Waals surface area contributed by atoms with Gasteiger partial charge in [0.15, 0.2) is 0 Å². The van der Waals surface area contributed by atoms with Crippen molar-refractivity contribution in [2.75, 3.05) is 5.73 Å². The molecule has 60 valence electrons. The predicted octanol–water partition coefficient (Wildman–Crippen LogP) is 2.16. The number of halogens is 2. The highest BCUT2D eigenvalue weighted by molar-refractivity contribution is 5.51. The van der Waals surface area contributed by atoms with Gasteiger partial charge in [-0.3, -0.25) is 0 Å². The average Bonchev–Trinajstić information content (AvgIpc) is 2.08. The molecule has 0 aliphatic heterocycles. The van der Waals surface area contributed by atoms with Crippen LogP contribution in [0.4, 0.5) is 14.5 Å². The first-order valence-corrected chi connectivity index (χ1v) is 3.17. The summed E-state index contributed by atoms with van der Waals surface area (Å²) >= 11 is 0. The van der Waals surface area contributed by atoms with Crippen molar-refractivity contribution in [3.05, 3.63) is 28.8 Å². The third-order valence-corrected chi connectivity index (χ3v) is 1.75. The molecular weight excluding hydrogens is 148 g/mol. The monoisotopic (exact) mass is 158 g/mol. The van der Waals surface area contributed by atoms with Gasteiger partial charge >= 0.3 is 0 Å². The number of nitrogen functional groups attached to an aromatic ring is 1. The second-order valence-corrected chi connectivity index (χ2v) is 2.42. The summed E-state index contributed by atoms with van der Waals surface area (Å²) in [4.78, 5) is 0. The fourth-order valence-corrected chi connectivity index (χ4v) is 0.789. The molecule has 0 aromatic heterocycles. The molecule has 0 spiro atoms. The fraction of sp³-hybridized carbons (Fsp3) is 0.250. The van der Waals surface area contributed by atoms with Crippen molar-refractivity contribution in [2.45, 2.75) is 13.8 Å². The van der Waals surface area contributed by atoms with Crippen molar-refractivity contribution in [3.8, 4) is 0 Å². The van der Waals surface area contributed by atoms with Crippen molar-refractivity contribution < 1.29 is 10.2 Å². The SMILES string of the molecule is [2H]c1c(F)c(C)c(C)c(N)c1F. The van der Waals surface area contributed by atoms with E-state index in [9.17, 15) is 8.78 Å². The molecule has 1 nitrogen and oxygen atoms in total. The molecule has 0 unspecified atom stereocenters. The standard InChI is InChI=1S/C8H9F2N/c1-4-5(2)8(11)7(10)3-6(4)9/h3H,11H2,1-2H3/i3D. The summed E-state index contributed by atoms with van der Waals surface area (Å²) in [6.07, 6.45) is 0. The molecule has 1 aromatic carbocycles. The van der Waals surface area contributed by atoms with Crippen molar-refractivity contribution in [1.29, 1.82) is 0 Å². The Morgan fingerprint density at radius 1 is 1.27 bits per heavy atom. The summed E-state index contributed by atoms with van der Waals surface area (Å²) in [7, 11) is 0. The fourth-order valence-electron chi connectivity index (χ4n) is 0.789. The van der Waals surface area contributed by atoms with E-state index in [1.165, 1.54) is 13.8 Å². The van der Waals surface area contributed by atoms with E-state index >= 15 is 0 Å². The molecule has 2 N–H and O–H groups in total. The van der Waals surface area contributed by atoms with Gasteiger partial charge in [-0.15, -0.1) is 0 Å². The minimum Gasteiger partial charge on any atom is -0.396 e. The molecule has 0 bridgehead atoms. The largest absolute Gasteiger partial charge is 0.396 e. The van der Waals surface area contributed by atoms with Gasteiger partial charge in [0.2, 0.25) is 0 Å². The molecule has 0 amide bonds. The maximum atomic E-state index is 12.9. The molecule has 11 heavy (non-hydrogen) atoms. The number of nitrogens with two attached hydrogens (primary N) is 1. The number of rotatable bonds is 0. The van der Waals surface area contributed by atoms with Gasteiger partial charge in [-0.1, -0.05) is 0 Å². The minimum absolute atomic E-state index is 0.140. The van der Waals surface area contributed by atoms with Crippen LogP contribution >= 0.6 is 0 Å². The van der Waals surface area contributed by atoms with Gasteiger partial charge in [-0.05, 0) is 25.0 Å². The van der Waals surface area contributed by atoms with Crippen LogP contribution in [0, 0.1) is 25.5 Å². The van der Waals surface area contributed by atoms with E-state index in [1.54, 1.807) is 0 Å². The molecule has 0 radical (unpaired) electrons. The lowest BCUT2D eigenvalue weighted by atomic mass is 10.1. The van der Waals surface area contributed by atoms with Gasteiger partial charge < -0.3 is 5.73 Å². The first-order chi connectivity index (χ1) is 5.46. The third kappa shape index (κ3) is 1.18. The molecule has 1 rings (SSSR count). The van der Waals surface area contributed by atoms with Crippen LogP contribution in [-0.2, 0) is 0 Å². The van der Waals surface area contributed by atoms with Crippen LogP contribution in [0.2, 0.25) is 0 Å². The first-order valence-electron chi connectivity index (χ1n) is 3.67. The summed E-state index contributed by atoms with van der Waals surface area (Å²) in [5.41, 5.74) is 5.75. The van der Waals surface area contributed by atoms with Gasteiger partial charge in [0.05, 0.1) is 7.06 Å². The lowest BCUT2D eigenvalue weighted by molar-refractivity contribution is 0.578. The summed E-state index contributed by atoms with van der Waals surface area (Å²) in [5.74, 6) is -1.81.